The van der Waals surface area contributed by atoms with Crippen molar-refractivity contribution in [3.8, 4) is 0 Å². The number of hydrogen-bond donors (Lipinski definition) is 1. The van der Waals surface area contributed by atoms with Crippen LogP contribution in [0.3, 0.4) is 0 Å². The zero-order chi connectivity index (χ0) is 11.3. The number of amides is 2. The van der Waals surface area contributed by atoms with Crippen LogP contribution < -0.4 is 10.6 Å². The zero-order valence-electron chi connectivity index (χ0n) is 8.72. The maximum absolute atomic E-state index is 11.9. The van der Waals surface area contributed by atoms with Gasteiger partial charge in [0.25, 0.3) is 0 Å². The Kier molecular flexibility index (Phi) is 1.88. The predicted molar refractivity (Wildman–Crippen MR) is 58.4 cm³/mol. The Balaban J connectivity index is 2.04. The van der Waals surface area contributed by atoms with Crippen LogP contribution in [-0.4, -0.2) is 11.8 Å². The van der Waals surface area contributed by atoms with Gasteiger partial charge in [-0.05, 0) is 18.1 Å². The van der Waals surface area contributed by atoms with E-state index in [9.17, 15) is 9.59 Å². The lowest BCUT2D eigenvalue weighted by Crippen LogP contribution is -2.33. The molecule has 4 nitrogen and oxygen atoms in total. The molecule has 2 amide bonds. The standard InChI is InChI=1S/C12H12N2O2/c13-6-7-3-1-2-4-10(7)14-11(15)8-5-9(8)12(14)16/h1-4,8-9H,5-6,13H2. The van der Waals surface area contributed by atoms with Crippen LogP contribution in [0.15, 0.2) is 24.3 Å². The number of piperidine rings is 1. The Morgan fingerprint density at radius 3 is 2.44 bits per heavy atom. The van der Waals surface area contributed by atoms with Crippen molar-refractivity contribution >= 4 is 17.5 Å². The summed E-state index contributed by atoms with van der Waals surface area (Å²) < 4.78 is 0. The zero-order valence-corrected chi connectivity index (χ0v) is 8.72. The summed E-state index contributed by atoms with van der Waals surface area (Å²) in [5.41, 5.74) is 7.10. The molecule has 1 saturated carbocycles. The number of para-hydroxylation sites is 1. The molecule has 1 heterocycles. The molecule has 2 unspecified atom stereocenters. The first-order valence-electron chi connectivity index (χ1n) is 5.40. The number of nitrogens with zero attached hydrogens (tertiary/aromatic N) is 1. The van der Waals surface area contributed by atoms with Gasteiger partial charge in [0.1, 0.15) is 0 Å². The maximum atomic E-state index is 11.9. The lowest BCUT2D eigenvalue weighted by molar-refractivity contribution is -0.123. The van der Waals surface area contributed by atoms with Crippen LogP contribution in [0, 0.1) is 11.8 Å². The summed E-state index contributed by atoms with van der Waals surface area (Å²) in [6.45, 7) is 0.336. The van der Waals surface area contributed by atoms with Gasteiger partial charge in [-0.2, -0.15) is 0 Å². The van der Waals surface area contributed by atoms with Crippen LogP contribution in [0.4, 0.5) is 5.69 Å². The molecule has 1 aliphatic carbocycles. The Morgan fingerprint density at radius 2 is 1.81 bits per heavy atom. The Hall–Kier alpha value is -1.68. The summed E-state index contributed by atoms with van der Waals surface area (Å²) in [6, 6.07) is 7.30. The molecule has 1 aliphatic heterocycles. The topological polar surface area (TPSA) is 63.4 Å². The highest BCUT2D eigenvalue weighted by Crippen LogP contribution is 2.48. The van der Waals surface area contributed by atoms with Gasteiger partial charge >= 0.3 is 0 Å². The van der Waals surface area contributed by atoms with E-state index in [1.165, 1.54) is 4.90 Å². The van der Waals surface area contributed by atoms with E-state index >= 15 is 0 Å². The van der Waals surface area contributed by atoms with E-state index in [1.54, 1.807) is 6.07 Å². The van der Waals surface area contributed by atoms with Crippen molar-refractivity contribution < 1.29 is 9.59 Å². The van der Waals surface area contributed by atoms with Gasteiger partial charge in [0, 0.05) is 6.54 Å². The summed E-state index contributed by atoms with van der Waals surface area (Å²) in [5.74, 6) is -0.233. The highest BCUT2D eigenvalue weighted by Gasteiger charge is 2.59. The van der Waals surface area contributed by atoms with Gasteiger partial charge in [-0.25, -0.2) is 4.90 Å². The van der Waals surface area contributed by atoms with E-state index in [-0.39, 0.29) is 23.7 Å². The monoisotopic (exact) mass is 216 g/mol. The van der Waals surface area contributed by atoms with Gasteiger partial charge in [0.05, 0.1) is 17.5 Å². The molecule has 4 heteroatoms. The molecule has 82 valence electrons. The third-order valence-electron chi connectivity index (χ3n) is 3.32. The molecule has 1 saturated heterocycles. The molecule has 16 heavy (non-hydrogen) atoms. The minimum absolute atomic E-state index is 0.0571. The van der Waals surface area contributed by atoms with Gasteiger partial charge in [0.15, 0.2) is 0 Å². The number of fused-ring (bicyclic) bond motifs is 1. The average Bonchev–Trinajstić information content (AvgIpc) is 3.05. The summed E-state index contributed by atoms with van der Waals surface area (Å²) >= 11 is 0. The second-order valence-electron chi connectivity index (χ2n) is 4.29. The molecule has 1 aromatic carbocycles. The number of imide groups is 1. The Labute approximate surface area is 93.0 Å². The largest absolute Gasteiger partial charge is 0.326 e. The summed E-state index contributed by atoms with van der Waals surface area (Å²) in [4.78, 5) is 25.1. The fourth-order valence-corrected chi connectivity index (χ4v) is 2.32. The van der Waals surface area contributed by atoms with Crippen molar-refractivity contribution in [3.63, 3.8) is 0 Å². The van der Waals surface area contributed by atoms with Crippen molar-refractivity contribution in [3.05, 3.63) is 29.8 Å². The molecule has 0 bridgehead atoms. The highest BCUT2D eigenvalue weighted by atomic mass is 16.2. The molecule has 2 aliphatic rings. The van der Waals surface area contributed by atoms with E-state index < -0.39 is 0 Å². The van der Waals surface area contributed by atoms with Gasteiger partial charge in [0.2, 0.25) is 11.8 Å². The van der Waals surface area contributed by atoms with Gasteiger partial charge in [-0.1, -0.05) is 18.2 Å². The van der Waals surface area contributed by atoms with Crippen molar-refractivity contribution in [1.82, 2.24) is 0 Å². The first kappa shape index (κ1) is 9.54. The number of rotatable bonds is 2. The molecule has 2 fully saturated rings. The third-order valence-corrected chi connectivity index (χ3v) is 3.32. The smallest absolute Gasteiger partial charge is 0.237 e. The molecule has 0 radical (unpaired) electrons. The summed E-state index contributed by atoms with van der Waals surface area (Å²) in [5, 5.41) is 0. The SMILES string of the molecule is NCc1ccccc1N1C(=O)C2CC2C1=O. The fraction of sp³-hybridized carbons (Fsp3) is 0.333. The van der Waals surface area contributed by atoms with E-state index in [1.807, 2.05) is 18.2 Å². The van der Waals surface area contributed by atoms with Crippen LogP contribution in [0.5, 0.6) is 0 Å². The van der Waals surface area contributed by atoms with E-state index in [0.717, 1.165) is 12.0 Å². The van der Waals surface area contributed by atoms with Gasteiger partial charge in [-0.15, -0.1) is 0 Å². The van der Waals surface area contributed by atoms with Crippen molar-refractivity contribution in [2.75, 3.05) is 4.90 Å². The second kappa shape index (κ2) is 3.15. The number of carbonyl (C=O) groups excluding carboxylic acids is 2. The van der Waals surface area contributed by atoms with Crippen molar-refractivity contribution in [2.24, 2.45) is 17.6 Å². The Bertz CT molecular complexity index is 464. The normalized spacial score (nSPS) is 27.2. The van der Waals surface area contributed by atoms with Gasteiger partial charge in [-0.3, -0.25) is 9.59 Å². The highest BCUT2D eigenvalue weighted by molar-refractivity contribution is 6.25. The van der Waals surface area contributed by atoms with E-state index in [4.69, 9.17) is 5.73 Å². The van der Waals surface area contributed by atoms with E-state index in [2.05, 4.69) is 0 Å². The molecule has 0 spiro atoms. The summed E-state index contributed by atoms with van der Waals surface area (Å²) in [7, 11) is 0. The number of anilines is 1. The number of carbonyl (C=O) groups is 2. The first-order chi connectivity index (χ1) is 7.74. The quantitative estimate of drug-likeness (QED) is 0.738. The lowest BCUT2D eigenvalue weighted by Gasteiger charge is -2.19. The van der Waals surface area contributed by atoms with Crippen molar-refractivity contribution in [2.45, 2.75) is 13.0 Å². The molecular formula is C12H12N2O2. The van der Waals surface area contributed by atoms with Crippen LogP contribution in [0.2, 0.25) is 0 Å². The molecule has 2 N–H and O–H groups in total. The Morgan fingerprint density at radius 1 is 1.19 bits per heavy atom. The average molecular weight is 216 g/mol. The number of nitrogens with two attached hydrogens (primary N) is 1. The maximum Gasteiger partial charge on any atom is 0.237 e. The summed E-state index contributed by atoms with van der Waals surface area (Å²) in [6.07, 6.45) is 0.735. The molecule has 1 aromatic rings. The predicted octanol–water partition coefficient (Wildman–Crippen LogP) is 0.655. The fourth-order valence-electron chi connectivity index (χ4n) is 2.32. The second-order valence-corrected chi connectivity index (χ2v) is 4.29. The molecule has 0 aromatic heterocycles. The van der Waals surface area contributed by atoms with Crippen molar-refractivity contribution in [1.29, 1.82) is 0 Å². The van der Waals surface area contributed by atoms with Gasteiger partial charge < -0.3 is 5.73 Å². The molecular weight excluding hydrogens is 204 g/mol. The lowest BCUT2D eigenvalue weighted by atomic mass is 10.1. The molecule has 3 rings (SSSR count). The van der Waals surface area contributed by atoms with Crippen LogP contribution in [0.25, 0.3) is 0 Å². The van der Waals surface area contributed by atoms with Crippen LogP contribution in [-0.2, 0) is 16.1 Å². The minimum atomic E-state index is -0.0594. The van der Waals surface area contributed by atoms with Crippen LogP contribution in [0.1, 0.15) is 12.0 Å². The van der Waals surface area contributed by atoms with E-state index in [0.29, 0.717) is 12.2 Å². The molecule has 2 atom stereocenters. The minimum Gasteiger partial charge on any atom is -0.326 e. The number of hydrogen-bond acceptors (Lipinski definition) is 3. The van der Waals surface area contributed by atoms with Crippen LogP contribution >= 0.6 is 0 Å². The first-order valence-corrected chi connectivity index (χ1v) is 5.40. The number of benzene rings is 1. The third kappa shape index (κ3) is 1.13.